The number of aromatic nitrogens is 1. The predicted octanol–water partition coefficient (Wildman–Crippen LogP) is 2.02. The van der Waals surface area contributed by atoms with Gasteiger partial charge in [0.15, 0.2) is 5.13 Å². The van der Waals surface area contributed by atoms with Crippen LogP contribution < -0.4 is 15.8 Å². The van der Waals surface area contributed by atoms with Crippen molar-refractivity contribution in [3.63, 3.8) is 0 Å². The summed E-state index contributed by atoms with van der Waals surface area (Å²) in [6, 6.07) is 6.62. The number of nitrogens with zero attached hydrogens (tertiary/aromatic N) is 2. The van der Waals surface area contributed by atoms with Crippen LogP contribution in [0.5, 0.6) is 0 Å². The van der Waals surface area contributed by atoms with Crippen molar-refractivity contribution in [2.24, 2.45) is 0 Å². The number of thiazole rings is 1. The van der Waals surface area contributed by atoms with E-state index in [1.807, 2.05) is 0 Å². The average molecular weight is 381 g/mol. The summed E-state index contributed by atoms with van der Waals surface area (Å²) < 4.78 is 5.32. The van der Waals surface area contributed by atoms with Gasteiger partial charge >= 0.3 is 0 Å². The van der Waals surface area contributed by atoms with E-state index in [0.717, 1.165) is 18.2 Å². The molecule has 7 nitrogen and oxygen atoms in total. The lowest BCUT2D eigenvalue weighted by Gasteiger charge is -2.25. The van der Waals surface area contributed by atoms with E-state index in [0.29, 0.717) is 34.4 Å². The summed E-state index contributed by atoms with van der Waals surface area (Å²) in [7, 11) is 0. The molecule has 25 heavy (non-hydrogen) atoms. The second kappa shape index (κ2) is 7.81. The summed E-state index contributed by atoms with van der Waals surface area (Å²) in [5.74, 6) is -0.885. The number of hydrogen-bond acceptors (Lipinski definition) is 6. The quantitative estimate of drug-likeness (QED) is 0.796. The van der Waals surface area contributed by atoms with Crippen molar-refractivity contribution in [3.05, 3.63) is 45.4 Å². The Bertz CT molecular complexity index is 789. The van der Waals surface area contributed by atoms with Crippen molar-refractivity contribution in [1.82, 2.24) is 15.8 Å². The zero-order valence-corrected chi connectivity index (χ0v) is 15.1. The first-order chi connectivity index (χ1) is 12.1. The molecule has 0 unspecified atom stereocenters. The summed E-state index contributed by atoms with van der Waals surface area (Å²) in [5, 5.41) is 1.10. The van der Waals surface area contributed by atoms with Gasteiger partial charge in [-0.05, 0) is 19.1 Å². The van der Waals surface area contributed by atoms with Crippen molar-refractivity contribution in [2.45, 2.75) is 6.92 Å². The van der Waals surface area contributed by atoms with Crippen LogP contribution in [-0.2, 0) is 4.74 Å². The maximum Gasteiger partial charge on any atom is 0.281 e. The molecule has 1 aliphatic heterocycles. The fraction of sp³-hybridized carbons (Fsp3) is 0.312. The Balaban J connectivity index is 1.64. The molecule has 2 heterocycles. The number of rotatable bonds is 3. The highest BCUT2D eigenvalue weighted by molar-refractivity contribution is 7.17. The van der Waals surface area contributed by atoms with Crippen LogP contribution in [0.4, 0.5) is 5.13 Å². The normalized spacial score (nSPS) is 14.2. The molecule has 3 rings (SSSR count). The third-order valence-corrected chi connectivity index (χ3v) is 5.23. The summed E-state index contributed by atoms with van der Waals surface area (Å²) in [6.07, 6.45) is 0. The molecule has 0 atom stereocenters. The highest BCUT2D eigenvalue weighted by Crippen LogP contribution is 2.26. The minimum Gasteiger partial charge on any atom is -0.378 e. The van der Waals surface area contributed by atoms with Gasteiger partial charge in [-0.25, -0.2) is 4.98 Å². The number of carbonyl (C=O) groups is 2. The fourth-order valence-corrected chi connectivity index (χ4v) is 3.60. The minimum absolute atomic E-state index is 0.291. The molecule has 2 N–H and O–H groups in total. The molecule has 1 saturated heterocycles. The van der Waals surface area contributed by atoms with Crippen LogP contribution in [0.25, 0.3) is 0 Å². The second-order valence-electron chi connectivity index (χ2n) is 5.40. The van der Waals surface area contributed by atoms with Crippen molar-refractivity contribution < 1.29 is 14.3 Å². The van der Waals surface area contributed by atoms with E-state index >= 15 is 0 Å². The second-order valence-corrected chi connectivity index (χ2v) is 6.78. The summed E-state index contributed by atoms with van der Waals surface area (Å²) in [6.45, 7) is 4.56. The Morgan fingerprint density at radius 1 is 1.20 bits per heavy atom. The lowest BCUT2D eigenvalue weighted by atomic mass is 10.2. The van der Waals surface area contributed by atoms with Gasteiger partial charge < -0.3 is 9.64 Å². The Labute approximate surface area is 153 Å². The third-order valence-electron chi connectivity index (χ3n) is 3.68. The highest BCUT2D eigenvalue weighted by atomic mass is 35.5. The van der Waals surface area contributed by atoms with Gasteiger partial charge in [0.25, 0.3) is 11.8 Å². The number of amides is 2. The molecule has 0 saturated carbocycles. The molecule has 1 aliphatic rings. The molecule has 2 aromatic rings. The molecule has 0 aliphatic carbocycles. The molecule has 9 heteroatoms. The van der Waals surface area contributed by atoms with Crippen molar-refractivity contribution in [1.29, 1.82) is 0 Å². The average Bonchev–Trinajstić information content (AvgIpc) is 3.02. The van der Waals surface area contributed by atoms with Gasteiger partial charge in [-0.15, -0.1) is 0 Å². The molecule has 0 radical (unpaired) electrons. The van der Waals surface area contributed by atoms with Crippen LogP contribution in [-0.4, -0.2) is 43.1 Å². The van der Waals surface area contributed by atoms with Gasteiger partial charge in [0, 0.05) is 13.1 Å². The third kappa shape index (κ3) is 4.09. The Morgan fingerprint density at radius 2 is 1.88 bits per heavy atom. The van der Waals surface area contributed by atoms with Crippen molar-refractivity contribution in [2.75, 3.05) is 31.2 Å². The molecule has 0 spiro atoms. The van der Waals surface area contributed by atoms with Crippen molar-refractivity contribution >= 4 is 39.9 Å². The number of anilines is 1. The fourth-order valence-electron chi connectivity index (χ4n) is 2.37. The highest BCUT2D eigenvalue weighted by Gasteiger charge is 2.21. The number of hydrogen-bond donors (Lipinski definition) is 2. The van der Waals surface area contributed by atoms with Gasteiger partial charge in [-0.2, -0.15) is 0 Å². The van der Waals surface area contributed by atoms with E-state index in [9.17, 15) is 9.59 Å². The first kappa shape index (κ1) is 17.7. The van der Waals surface area contributed by atoms with E-state index in [1.54, 1.807) is 31.2 Å². The summed E-state index contributed by atoms with van der Waals surface area (Å²) >= 11 is 7.26. The number of carbonyl (C=O) groups excluding carboxylic acids is 2. The molecule has 0 bridgehead atoms. The smallest absolute Gasteiger partial charge is 0.281 e. The van der Waals surface area contributed by atoms with Crippen molar-refractivity contribution in [3.8, 4) is 0 Å². The van der Waals surface area contributed by atoms with E-state index in [4.69, 9.17) is 16.3 Å². The number of morpholine rings is 1. The monoisotopic (exact) mass is 380 g/mol. The summed E-state index contributed by atoms with van der Waals surface area (Å²) in [4.78, 5) is 31.4. The Hall–Kier alpha value is -2.16. The maximum absolute atomic E-state index is 12.4. The van der Waals surface area contributed by atoms with Gasteiger partial charge in [0.1, 0.15) is 4.88 Å². The molecule has 1 aromatic carbocycles. The van der Waals surface area contributed by atoms with Gasteiger partial charge in [-0.1, -0.05) is 35.1 Å². The Morgan fingerprint density at radius 3 is 2.60 bits per heavy atom. The molecule has 2 amide bonds. The zero-order chi connectivity index (χ0) is 17.8. The van der Waals surface area contributed by atoms with Gasteiger partial charge in [0.05, 0.1) is 29.5 Å². The lowest BCUT2D eigenvalue weighted by molar-refractivity contribution is 0.0848. The van der Waals surface area contributed by atoms with Gasteiger partial charge in [0.2, 0.25) is 0 Å². The molecule has 1 aromatic heterocycles. The molecule has 132 valence electrons. The molecular formula is C16H17ClN4O3S. The van der Waals surface area contributed by atoms with Crippen LogP contribution in [0.2, 0.25) is 5.02 Å². The largest absolute Gasteiger partial charge is 0.378 e. The summed E-state index contributed by atoms with van der Waals surface area (Å²) in [5.41, 5.74) is 5.70. The molecule has 1 fully saturated rings. The first-order valence-electron chi connectivity index (χ1n) is 7.71. The number of aryl methyl sites for hydroxylation is 1. The minimum atomic E-state index is -0.477. The number of nitrogens with one attached hydrogen (secondary N) is 2. The van der Waals surface area contributed by atoms with Crippen LogP contribution in [0.1, 0.15) is 25.7 Å². The van der Waals surface area contributed by atoms with Crippen LogP contribution >= 0.6 is 22.9 Å². The predicted molar refractivity (Wildman–Crippen MR) is 96.3 cm³/mol. The van der Waals surface area contributed by atoms with Gasteiger partial charge in [-0.3, -0.25) is 20.4 Å². The standard InChI is InChI=1S/C16H17ClN4O3S/c1-10-13(25-16(18-10)21-6-8-24-9-7-21)15(23)20-19-14(22)11-4-2-3-5-12(11)17/h2-5H,6-9H2,1H3,(H,19,22)(H,20,23). The van der Waals surface area contributed by atoms with E-state index in [2.05, 4.69) is 20.7 Å². The van der Waals surface area contributed by atoms with Crippen LogP contribution in [0.3, 0.4) is 0 Å². The first-order valence-corrected chi connectivity index (χ1v) is 8.91. The van der Waals surface area contributed by atoms with Crippen LogP contribution in [0.15, 0.2) is 24.3 Å². The zero-order valence-electron chi connectivity index (χ0n) is 13.5. The topological polar surface area (TPSA) is 83.6 Å². The number of halogens is 1. The Kier molecular flexibility index (Phi) is 5.52. The lowest BCUT2D eigenvalue weighted by Crippen LogP contribution is -2.41. The van der Waals surface area contributed by atoms with E-state index < -0.39 is 11.8 Å². The number of benzene rings is 1. The van der Waals surface area contributed by atoms with E-state index in [1.165, 1.54) is 11.3 Å². The number of ether oxygens (including phenoxy) is 1. The SMILES string of the molecule is Cc1nc(N2CCOCC2)sc1C(=O)NNC(=O)c1ccccc1Cl. The number of hydrazine groups is 1. The maximum atomic E-state index is 12.4. The molecular weight excluding hydrogens is 364 g/mol. The van der Waals surface area contributed by atoms with E-state index in [-0.39, 0.29) is 0 Å². The van der Waals surface area contributed by atoms with Crippen LogP contribution in [0, 0.1) is 6.92 Å².